The smallest absolute Gasteiger partial charge is 0.338 e. The summed E-state index contributed by atoms with van der Waals surface area (Å²) in [4.78, 5) is 31.0. The van der Waals surface area contributed by atoms with Crippen molar-refractivity contribution in [3.05, 3.63) is 63.5 Å². The molecule has 0 aliphatic carbocycles. The minimum atomic E-state index is -0.496. The second-order valence-electron chi connectivity index (χ2n) is 8.28. The van der Waals surface area contributed by atoms with Crippen LogP contribution in [-0.4, -0.2) is 55.7 Å². The van der Waals surface area contributed by atoms with Crippen LogP contribution in [0.25, 0.3) is 0 Å². The molecule has 1 aromatic heterocycles. The molecule has 0 radical (unpaired) electrons. The highest BCUT2D eigenvalue weighted by Gasteiger charge is 2.35. The van der Waals surface area contributed by atoms with E-state index in [0.717, 1.165) is 24.5 Å². The number of carbonyl (C=O) groups excluding carboxylic acids is 2. The van der Waals surface area contributed by atoms with Crippen LogP contribution >= 0.6 is 11.3 Å². The van der Waals surface area contributed by atoms with E-state index in [2.05, 4.69) is 58.5 Å². The maximum atomic E-state index is 12.9. The number of ether oxygens (including phenoxy) is 1. The molecule has 170 valence electrons. The maximum absolute atomic E-state index is 12.9. The molecule has 2 N–H and O–H groups in total. The van der Waals surface area contributed by atoms with Crippen molar-refractivity contribution in [3.8, 4) is 0 Å². The number of thiophene rings is 1. The van der Waals surface area contributed by atoms with E-state index in [0.29, 0.717) is 23.9 Å². The van der Waals surface area contributed by atoms with Crippen LogP contribution < -0.4 is 15.5 Å². The number of carbonyl (C=O) groups is 2. The van der Waals surface area contributed by atoms with Gasteiger partial charge in [-0.1, -0.05) is 18.2 Å². The van der Waals surface area contributed by atoms with Crippen molar-refractivity contribution < 1.29 is 14.3 Å². The molecule has 0 unspecified atom stereocenters. The molecule has 0 saturated carbocycles. The largest absolute Gasteiger partial charge is 0.463 e. The quantitative estimate of drug-likeness (QED) is 0.654. The normalized spacial score (nSPS) is 21.8. The lowest BCUT2D eigenvalue weighted by atomic mass is 10.00. The van der Waals surface area contributed by atoms with E-state index in [1.165, 1.54) is 22.6 Å². The predicted octanol–water partition coefficient (Wildman–Crippen LogP) is 3.44. The number of hydrogen-bond donors (Lipinski definition) is 2. The van der Waals surface area contributed by atoms with Gasteiger partial charge in [0.25, 0.3) is 0 Å². The summed E-state index contributed by atoms with van der Waals surface area (Å²) in [6, 6.07) is 11.9. The number of amides is 2. The zero-order valence-electron chi connectivity index (χ0n) is 18.8. The Bertz CT molecular complexity index is 1000. The average molecular weight is 455 g/mol. The van der Waals surface area contributed by atoms with Gasteiger partial charge in [0, 0.05) is 48.5 Å². The lowest BCUT2D eigenvalue weighted by Gasteiger charge is -2.42. The van der Waals surface area contributed by atoms with Crippen LogP contribution in [0.1, 0.15) is 30.3 Å². The summed E-state index contributed by atoms with van der Waals surface area (Å²) in [7, 11) is 0. The first-order valence-corrected chi connectivity index (χ1v) is 11.9. The zero-order chi connectivity index (χ0) is 22.7. The maximum Gasteiger partial charge on any atom is 0.338 e. The molecule has 3 heterocycles. The van der Waals surface area contributed by atoms with Gasteiger partial charge in [-0.25, -0.2) is 9.59 Å². The van der Waals surface area contributed by atoms with E-state index in [1.54, 1.807) is 6.92 Å². The molecule has 2 atom stereocenters. The van der Waals surface area contributed by atoms with Crippen molar-refractivity contribution in [2.45, 2.75) is 32.9 Å². The predicted molar refractivity (Wildman–Crippen MR) is 127 cm³/mol. The lowest BCUT2D eigenvalue weighted by molar-refractivity contribution is -0.139. The van der Waals surface area contributed by atoms with Crippen LogP contribution in [0, 0.1) is 6.92 Å². The summed E-state index contributed by atoms with van der Waals surface area (Å²) in [6.07, 6.45) is 0. The summed E-state index contributed by atoms with van der Waals surface area (Å²) < 4.78 is 5.36. The summed E-state index contributed by atoms with van der Waals surface area (Å²) in [5, 5.41) is 7.72. The second kappa shape index (κ2) is 9.75. The highest BCUT2D eigenvalue weighted by atomic mass is 32.1. The molecule has 2 amide bonds. The second-order valence-corrected chi connectivity index (χ2v) is 9.26. The topological polar surface area (TPSA) is 73.9 Å². The van der Waals surface area contributed by atoms with Crippen molar-refractivity contribution in [1.29, 1.82) is 0 Å². The first kappa shape index (κ1) is 22.4. The number of benzene rings is 1. The minimum absolute atomic E-state index is 0.285. The molecule has 2 aromatic rings. The Hall–Kier alpha value is -2.84. The van der Waals surface area contributed by atoms with Crippen molar-refractivity contribution >= 4 is 29.0 Å². The van der Waals surface area contributed by atoms with E-state index in [-0.39, 0.29) is 18.6 Å². The monoisotopic (exact) mass is 454 g/mol. The lowest BCUT2D eigenvalue weighted by Crippen LogP contribution is -2.54. The molecule has 8 heteroatoms. The van der Waals surface area contributed by atoms with Gasteiger partial charge in [0.05, 0.1) is 18.2 Å². The summed E-state index contributed by atoms with van der Waals surface area (Å²) in [6.45, 7) is 9.45. The van der Waals surface area contributed by atoms with Gasteiger partial charge in [-0.05, 0) is 49.9 Å². The van der Waals surface area contributed by atoms with E-state index in [4.69, 9.17) is 4.74 Å². The van der Waals surface area contributed by atoms with E-state index < -0.39 is 6.04 Å². The fourth-order valence-corrected chi connectivity index (χ4v) is 5.24. The van der Waals surface area contributed by atoms with Crippen LogP contribution in [0.4, 0.5) is 10.5 Å². The average Bonchev–Trinajstić information content (AvgIpc) is 3.28. The Kier molecular flexibility index (Phi) is 6.81. The van der Waals surface area contributed by atoms with Gasteiger partial charge in [0.2, 0.25) is 0 Å². The molecular weight excluding hydrogens is 424 g/mol. The number of piperazine rings is 1. The molecule has 2 aliphatic heterocycles. The van der Waals surface area contributed by atoms with Crippen LogP contribution in [-0.2, 0) is 9.53 Å². The van der Waals surface area contributed by atoms with Gasteiger partial charge in [0.1, 0.15) is 0 Å². The van der Waals surface area contributed by atoms with Crippen LogP contribution in [0.3, 0.4) is 0 Å². The first-order chi connectivity index (χ1) is 15.5. The SMILES string of the molecule is CCOC(=O)C1=C(CN2CCN(c3cccc(C)c3)[C@@H](C)C2)NC(=O)N[C@@H]1c1cccs1. The van der Waals surface area contributed by atoms with Gasteiger partial charge in [-0.3, -0.25) is 4.90 Å². The number of rotatable bonds is 6. The summed E-state index contributed by atoms with van der Waals surface area (Å²) >= 11 is 1.51. The molecule has 1 saturated heterocycles. The fraction of sp³-hybridized carbons (Fsp3) is 0.417. The molecule has 1 aromatic carbocycles. The van der Waals surface area contributed by atoms with Gasteiger partial charge in [-0.2, -0.15) is 0 Å². The molecule has 32 heavy (non-hydrogen) atoms. The molecular formula is C24H30N4O3S. The van der Waals surface area contributed by atoms with E-state index in [1.807, 2.05) is 17.5 Å². The molecule has 0 spiro atoms. The van der Waals surface area contributed by atoms with E-state index >= 15 is 0 Å². The van der Waals surface area contributed by atoms with Crippen molar-refractivity contribution in [2.24, 2.45) is 0 Å². The van der Waals surface area contributed by atoms with Crippen molar-refractivity contribution in [1.82, 2.24) is 15.5 Å². The van der Waals surface area contributed by atoms with Crippen molar-refractivity contribution in [3.63, 3.8) is 0 Å². The number of nitrogens with one attached hydrogen (secondary N) is 2. The zero-order valence-corrected chi connectivity index (χ0v) is 19.6. The molecule has 7 nitrogen and oxygen atoms in total. The minimum Gasteiger partial charge on any atom is -0.463 e. The summed E-state index contributed by atoms with van der Waals surface area (Å²) in [5.41, 5.74) is 3.60. The van der Waals surface area contributed by atoms with Gasteiger partial charge in [0.15, 0.2) is 0 Å². The number of urea groups is 1. The first-order valence-electron chi connectivity index (χ1n) is 11.0. The number of nitrogens with zero attached hydrogens (tertiary/aromatic N) is 2. The Morgan fingerprint density at radius 2 is 2.09 bits per heavy atom. The Labute approximate surface area is 193 Å². The van der Waals surface area contributed by atoms with Crippen LogP contribution in [0.2, 0.25) is 0 Å². The third-order valence-electron chi connectivity index (χ3n) is 5.90. The Balaban J connectivity index is 1.56. The molecule has 0 bridgehead atoms. The molecule has 4 rings (SSSR count). The molecule has 2 aliphatic rings. The van der Waals surface area contributed by atoms with Crippen molar-refractivity contribution in [2.75, 3.05) is 37.7 Å². The third kappa shape index (κ3) is 4.81. The highest BCUT2D eigenvalue weighted by molar-refractivity contribution is 7.10. The Morgan fingerprint density at radius 3 is 2.78 bits per heavy atom. The highest BCUT2D eigenvalue weighted by Crippen LogP contribution is 2.31. The number of esters is 1. The van der Waals surface area contributed by atoms with Crippen LogP contribution in [0.15, 0.2) is 53.0 Å². The third-order valence-corrected chi connectivity index (χ3v) is 6.84. The number of hydrogen-bond acceptors (Lipinski definition) is 6. The number of aryl methyl sites for hydroxylation is 1. The standard InChI is InChI=1S/C24H30N4O3S/c1-4-31-23(29)21-19(25-24(30)26-22(21)20-9-6-12-32-20)15-27-10-11-28(17(3)14-27)18-8-5-7-16(2)13-18/h5-9,12-13,17,22H,4,10-11,14-15H2,1-3H3,(H2,25,26,30)/t17-,22+/m0/s1. The van der Waals surface area contributed by atoms with Gasteiger partial charge < -0.3 is 20.3 Å². The van der Waals surface area contributed by atoms with Gasteiger partial charge in [-0.15, -0.1) is 11.3 Å². The van der Waals surface area contributed by atoms with Crippen LogP contribution in [0.5, 0.6) is 0 Å². The summed E-state index contributed by atoms with van der Waals surface area (Å²) in [5.74, 6) is -0.389. The Morgan fingerprint density at radius 1 is 1.25 bits per heavy atom. The van der Waals surface area contributed by atoms with E-state index in [9.17, 15) is 9.59 Å². The molecule has 1 fully saturated rings. The fourth-order valence-electron chi connectivity index (χ4n) is 4.45. The van der Waals surface area contributed by atoms with Gasteiger partial charge >= 0.3 is 12.0 Å². The number of anilines is 1.